The van der Waals surface area contributed by atoms with E-state index >= 15 is 0 Å². The van der Waals surface area contributed by atoms with Crippen molar-refractivity contribution in [1.82, 2.24) is 26.2 Å². The van der Waals surface area contributed by atoms with Gasteiger partial charge in [-0.25, -0.2) is 4.79 Å². The van der Waals surface area contributed by atoms with Gasteiger partial charge in [0, 0.05) is 25.0 Å². The Kier molecular flexibility index (Phi) is 12.8. The molecule has 2 aliphatic heterocycles. The molecule has 10 nitrogen and oxygen atoms in total. The molecule has 0 aromatic heterocycles. The number of benzene rings is 3. The third-order valence-corrected chi connectivity index (χ3v) is 9.12. The summed E-state index contributed by atoms with van der Waals surface area (Å²) in [6.07, 6.45) is 2.86. The quantitative estimate of drug-likeness (QED) is 0.212. The van der Waals surface area contributed by atoms with Crippen molar-refractivity contribution in [2.45, 2.75) is 75.8 Å². The minimum Gasteiger partial charge on any atom is -0.343 e. The molecule has 2 aliphatic rings. The predicted molar refractivity (Wildman–Crippen MR) is 183 cm³/mol. The number of nitrogens with two attached hydrogens (primary N) is 1. The van der Waals surface area contributed by atoms with Gasteiger partial charge in [0.2, 0.25) is 17.7 Å². The highest BCUT2D eigenvalue weighted by Gasteiger charge is 2.48. The number of carbonyl (C=O) groups excluding carboxylic acids is 4. The van der Waals surface area contributed by atoms with Gasteiger partial charge in [0.1, 0.15) is 12.1 Å². The van der Waals surface area contributed by atoms with Crippen molar-refractivity contribution in [3.63, 3.8) is 0 Å². The number of carbonyl (C=O) groups is 4. The molecule has 3 aromatic carbocycles. The fraction of sp³-hybridized carbons (Fsp3) is 0.389. The van der Waals surface area contributed by atoms with E-state index in [2.05, 4.69) is 21.3 Å². The van der Waals surface area contributed by atoms with Crippen molar-refractivity contribution >= 4 is 36.2 Å². The van der Waals surface area contributed by atoms with Crippen molar-refractivity contribution in [2.75, 3.05) is 6.54 Å². The van der Waals surface area contributed by atoms with Gasteiger partial charge in [-0.05, 0) is 48.8 Å². The van der Waals surface area contributed by atoms with E-state index in [1.54, 1.807) is 4.90 Å². The van der Waals surface area contributed by atoms with E-state index in [4.69, 9.17) is 5.73 Å². The molecule has 0 radical (unpaired) electrons. The number of halogens is 1. The molecule has 250 valence electrons. The van der Waals surface area contributed by atoms with Crippen LogP contribution >= 0.6 is 12.4 Å². The Hall–Kier alpha value is -4.41. The fourth-order valence-corrected chi connectivity index (χ4v) is 6.49. The first-order chi connectivity index (χ1) is 22.4. The Labute approximate surface area is 282 Å². The van der Waals surface area contributed by atoms with Crippen molar-refractivity contribution in [3.8, 4) is 0 Å². The molecule has 0 spiro atoms. The van der Waals surface area contributed by atoms with E-state index in [1.807, 2.05) is 97.9 Å². The van der Waals surface area contributed by atoms with Crippen LogP contribution in [0.2, 0.25) is 0 Å². The second kappa shape index (κ2) is 16.9. The maximum atomic E-state index is 14.3. The Morgan fingerprint density at radius 3 is 2.00 bits per heavy atom. The van der Waals surface area contributed by atoms with E-state index in [0.29, 0.717) is 38.6 Å². The molecular formula is C36H45ClN6O4. The van der Waals surface area contributed by atoms with Gasteiger partial charge in [-0.1, -0.05) is 97.9 Å². The molecule has 5 rings (SSSR count). The van der Waals surface area contributed by atoms with Crippen LogP contribution in [-0.4, -0.2) is 59.4 Å². The summed E-state index contributed by atoms with van der Waals surface area (Å²) in [6, 6.07) is 25.8. The molecule has 0 unspecified atom stereocenters. The first kappa shape index (κ1) is 35.4. The molecule has 11 heteroatoms. The molecule has 6 N–H and O–H groups in total. The molecule has 47 heavy (non-hydrogen) atoms. The molecule has 2 fully saturated rings. The molecule has 2 heterocycles. The summed E-state index contributed by atoms with van der Waals surface area (Å²) in [7, 11) is 0. The van der Waals surface area contributed by atoms with Gasteiger partial charge in [-0.3, -0.25) is 14.4 Å². The number of fused-ring (bicyclic) bond motifs is 1. The summed E-state index contributed by atoms with van der Waals surface area (Å²) in [5, 5.41) is 11.9. The monoisotopic (exact) mass is 660 g/mol. The zero-order valence-corrected chi connectivity index (χ0v) is 27.5. The lowest BCUT2D eigenvalue weighted by molar-refractivity contribution is -0.143. The lowest BCUT2D eigenvalue weighted by Crippen LogP contribution is -2.59. The largest absolute Gasteiger partial charge is 0.343 e. The highest BCUT2D eigenvalue weighted by Crippen LogP contribution is 2.35. The maximum absolute atomic E-state index is 14.3. The molecule has 0 bridgehead atoms. The molecule has 2 saturated heterocycles. The van der Waals surface area contributed by atoms with E-state index in [0.717, 1.165) is 16.7 Å². The van der Waals surface area contributed by atoms with Crippen LogP contribution in [-0.2, 0) is 20.9 Å². The van der Waals surface area contributed by atoms with E-state index in [-0.39, 0.29) is 54.8 Å². The van der Waals surface area contributed by atoms with Gasteiger partial charge in [0.05, 0.1) is 12.1 Å². The average molecular weight is 661 g/mol. The lowest BCUT2D eigenvalue weighted by atomic mass is 9.92. The summed E-state index contributed by atoms with van der Waals surface area (Å²) < 4.78 is 0. The first-order valence-electron chi connectivity index (χ1n) is 16.2. The average Bonchev–Trinajstić information content (AvgIpc) is 3.48. The number of hydrogen-bond acceptors (Lipinski definition) is 5. The Balaban J connectivity index is 0.00000500. The number of nitrogens with one attached hydrogen (secondary N) is 4. The Bertz CT molecular complexity index is 1440. The van der Waals surface area contributed by atoms with Crippen LogP contribution in [0, 0.1) is 5.92 Å². The highest BCUT2D eigenvalue weighted by atomic mass is 35.5. The molecule has 5 amide bonds. The number of urea groups is 1. The van der Waals surface area contributed by atoms with Crippen LogP contribution in [0.4, 0.5) is 4.79 Å². The van der Waals surface area contributed by atoms with Gasteiger partial charge >= 0.3 is 6.03 Å². The Morgan fingerprint density at radius 2 is 1.40 bits per heavy atom. The minimum absolute atomic E-state index is 0. The SMILES string of the molecule is CC[C@H](N)C(=O)N[C@@H]1C(=O)N2[C@@H](CC[C@@H]1CNC(=O)NCc1ccccc1)CC[C@H]2C(=O)NC(c1ccccc1)c1ccccc1.Cl. The van der Waals surface area contributed by atoms with Crippen molar-refractivity contribution in [3.05, 3.63) is 108 Å². The summed E-state index contributed by atoms with van der Waals surface area (Å²) in [5.74, 6) is -1.35. The van der Waals surface area contributed by atoms with Crippen LogP contribution in [0.25, 0.3) is 0 Å². The molecular weight excluding hydrogens is 616 g/mol. The summed E-state index contributed by atoms with van der Waals surface area (Å²) in [4.78, 5) is 55.8. The van der Waals surface area contributed by atoms with Crippen LogP contribution in [0.5, 0.6) is 0 Å². The second-order valence-corrected chi connectivity index (χ2v) is 12.1. The zero-order valence-electron chi connectivity index (χ0n) is 26.6. The number of hydrogen-bond donors (Lipinski definition) is 5. The van der Waals surface area contributed by atoms with Gasteiger partial charge in [0.25, 0.3) is 0 Å². The van der Waals surface area contributed by atoms with Crippen LogP contribution in [0.15, 0.2) is 91.0 Å². The summed E-state index contributed by atoms with van der Waals surface area (Å²) in [5.41, 5.74) is 8.89. The fourth-order valence-electron chi connectivity index (χ4n) is 6.49. The molecule has 3 aromatic rings. The first-order valence-corrected chi connectivity index (χ1v) is 16.2. The normalized spacial score (nSPS) is 21.1. The smallest absolute Gasteiger partial charge is 0.315 e. The maximum Gasteiger partial charge on any atom is 0.315 e. The van der Waals surface area contributed by atoms with Gasteiger partial charge in [-0.2, -0.15) is 0 Å². The minimum atomic E-state index is -0.933. The second-order valence-electron chi connectivity index (χ2n) is 12.1. The summed E-state index contributed by atoms with van der Waals surface area (Å²) in [6.45, 7) is 2.35. The zero-order chi connectivity index (χ0) is 32.5. The topological polar surface area (TPSA) is 146 Å². The van der Waals surface area contributed by atoms with Gasteiger partial charge < -0.3 is 31.9 Å². The standard InChI is InChI=1S/C36H44N6O4.ClH/c1-2-29(37)33(43)41-32-27(23-39-36(46)38-22-24-12-6-3-7-13-24)18-19-28-20-21-30(42(28)35(32)45)34(44)40-31(25-14-8-4-9-15-25)26-16-10-5-11-17-26;/h3-17,27-32H,2,18-23,37H2,1H3,(H,40,44)(H,41,43)(H2,38,39,46);1H/t27-,28+,29+,30+,32+;/m1./s1. The summed E-state index contributed by atoms with van der Waals surface area (Å²) >= 11 is 0. The third kappa shape index (κ3) is 8.90. The van der Waals surface area contributed by atoms with Crippen molar-refractivity contribution in [2.24, 2.45) is 11.7 Å². The highest BCUT2D eigenvalue weighted by molar-refractivity contribution is 5.94. The van der Waals surface area contributed by atoms with Crippen LogP contribution < -0.4 is 27.0 Å². The van der Waals surface area contributed by atoms with E-state index in [1.165, 1.54) is 0 Å². The van der Waals surface area contributed by atoms with Crippen molar-refractivity contribution in [1.29, 1.82) is 0 Å². The van der Waals surface area contributed by atoms with Crippen molar-refractivity contribution < 1.29 is 19.2 Å². The molecule has 0 saturated carbocycles. The van der Waals surface area contributed by atoms with Crippen LogP contribution in [0.3, 0.4) is 0 Å². The number of amides is 5. The predicted octanol–water partition coefficient (Wildman–Crippen LogP) is 3.81. The molecule has 5 atom stereocenters. The number of rotatable bonds is 11. The Morgan fingerprint density at radius 1 is 0.830 bits per heavy atom. The van der Waals surface area contributed by atoms with E-state index < -0.39 is 24.0 Å². The van der Waals surface area contributed by atoms with Crippen LogP contribution in [0.1, 0.15) is 61.8 Å². The number of nitrogens with zero attached hydrogens (tertiary/aromatic N) is 1. The van der Waals surface area contributed by atoms with E-state index in [9.17, 15) is 19.2 Å². The lowest BCUT2D eigenvalue weighted by Gasteiger charge is -2.33. The molecule has 0 aliphatic carbocycles. The van der Waals surface area contributed by atoms with Gasteiger partial charge in [0.15, 0.2) is 0 Å². The van der Waals surface area contributed by atoms with Gasteiger partial charge in [-0.15, -0.1) is 12.4 Å². The third-order valence-electron chi connectivity index (χ3n) is 9.12.